The van der Waals surface area contributed by atoms with E-state index in [0.717, 1.165) is 28.2 Å². The average Bonchev–Trinajstić information content (AvgIpc) is 3.32. The Morgan fingerprint density at radius 3 is 2.63 bits per heavy atom. The molecule has 0 amide bonds. The van der Waals surface area contributed by atoms with E-state index in [1.54, 1.807) is 10.3 Å². The number of hydrogen-bond donors (Lipinski definition) is 2. The van der Waals surface area contributed by atoms with Crippen LogP contribution < -0.4 is 16.1 Å². The molecule has 4 heterocycles. The number of carbonyl (C=O) groups is 1. The number of nitrogens with two attached hydrogens (primary N) is 1. The standard InChI is InChI=1S/C17H14F3N5O3S.ClH/c18-17(19,20)10-5-11(24-3-1-8(21)6-24)23-14-12(10)13(26)9(15(27)28)7-25(14)16-22-2-4-29-16;/h2,4-5,7-8H,1,3,6,21H2,(H,27,28);1H. The van der Waals surface area contributed by atoms with Crippen molar-refractivity contribution in [1.29, 1.82) is 0 Å². The highest BCUT2D eigenvalue weighted by atomic mass is 35.5. The summed E-state index contributed by atoms with van der Waals surface area (Å²) in [4.78, 5) is 34.1. The van der Waals surface area contributed by atoms with Gasteiger partial charge in [0.15, 0.2) is 10.8 Å². The lowest BCUT2D eigenvalue weighted by Gasteiger charge is -2.21. The van der Waals surface area contributed by atoms with Crippen LogP contribution in [0.25, 0.3) is 16.2 Å². The van der Waals surface area contributed by atoms with Gasteiger partial charge in [0.1, 0.15) is 11.4 Å². The van der Waals surface area contributed by atoms with Crippen LogP contribution in [0, 0.1) is 0 Å². The molecule has 13 heteroatoms. The van der Waals surface area contributed by atoms with E-state index in [1.807, 2.05) is 0 Å². The number of nitrogens with zero attached hydrogens (tertiary/aromatic N) is 4. The quantitative estimate of drug-likeness (QED) is 0.616. The summed E-state index contributed by atoms with van der Waals surface area (Å²) in [5.74, 6) is -1.62. The van der Waals surface area contributed by atoms with Gasteiger partial charge >= 0.3 is 12.1 Å². The third kappa shape index (κ3) is 3.73. The lowest BCUT2D eigenvalue weighted by molar-refractivity contribution is -0.136. The number of carboxylic acid groups (broad SMARTS) is 1. The van der Waals surface area contributed by atoms with Crippen molar-refractivity contribution in [2.45, 2.75) is 18.6 Å². The molecule has 1 aliphatic heterocycles. The van der Waals surface area contributed by atoms with Crippen molar-refractivity contribution in [3.8, 4) is 5.13 Å². The van der Waals surface area contributed by atoms with Gasteiger partial charge in [0.05, 0.1) is 10.9 Å². The summed E-state index contributed by atoms with van der Waals surface area (Å²) in [6.45, 7) is 0.746. The summed E-state index contributed by atoms with van der Waals surface area (Å²) in [5, 5.41) is 10.3. The zero-order valence-corrected chi connectivity index (χ0v) is 16.7. The Labute approximate surface area is 177 Å². The molecule has 160 valence electrons. The van der Waals surface area contributed by atoms with Crippen molar-refractivity contribution in [2.24, 2.45) is 5.73 Å². The Kier molecular flexibility index (Phi) is 5.76. The average molecular weight is 462 g/mol. The molecule has 3 N–H and O–H groups in total. The molecule has 0 aliphatic carbocycles. The number of aromatic carboxylic acids is 1. The van der Waals surface area contributed by atoms with Crippen LogP contribution in [0.15, 0.2) is 28.6 Å². The van der Waals surface area contributed by atoms with E-state index in [1.165, 1.54) is 6.20 Å². The van der Waals surface area contributed by atoms with Crippen LogP contribution in [0.4, 0.5) is 19.0 Å². The van der Waals surface area contributed by atoms with Crippen molar-refractivity contribution in [1.82, 2.24) is 14.5 Å². The number of alkyl halides is 3. The minimum atomic E-state index is -4.89. The topological polar surface area (TPSA) is 114 Å². The Morgan fingerprint density at radius 1 is 1.37 bits per heavy atom. The molecule has 0 spiro atoms. The molecule has 1 atom stereocenters. The molecule has 1 aliphatic rings. The monoisotopic (exact) mass is 461 g/mol. The maximum atomic E-state index is 13.9. The summed E-state index contributed by atoms with van der Waals surface area (Å²) in [6, 6.07) is 0.581. The molecule has 4 rings (SSSR count). The van der Waals surface area contributed by atoms with Gasteiger partial charge in [-0.25, -0.2) is 14.8 Å². The number of pyridine rings is 2. The number of fused-ring (bicyclic) bond motifs is 1. The van der Waals surface area contributed by atoms with Crippen LogP contribution in [0.3, 0.4) is 0 Å². The highest BCUT2D eigenvalue weighted by Crippen LogP contribution is 2.36. The molecule has 0 saturated carbocycles. The van der Waals surface area contributed by atoms with E-state index in [0.29, 0.717) is 19.5 Å². The molecule has 30 heavy (non-hydrogen) atoms. The first-order valence-corrected chi connectivity index (χ1v) is 9.36. The number of thiazole rings is 1. The van der Waals surface area contributed by atoms with Gasteiger partial charge < -0.3 is 15.7 Å². The Morgan fingerprint density at radius 2 is 2.10 bits per heavy atom. The van der Waals surface area contributed by atoms with Crippen molar-refractivity contribution in [3.05, 3.63) is 45.2 Å². The zero-order valence-electron chi connectivity index (χ0n) is 15.1. The molecule has 1 unspecified atom stereocenters. The molecule has 1 saturated heterocycles. The molecule has 1 fully saturated rings. The van der Waals surface area contributed by atoms with E-state index in [-0.39, 0.29) is 35.0 Å². The number of halogens is 4. The summed E-state index contributed by atoms with van der Waals surface area (Å²) >= 11 is 1.07. The lowest BCUT2D eigenvalue weighted by atomic mass is 10.1. The van der Waals surface area contributed by atoms with Crippen LogP contribution in [-0.2, 0) is 6.18 Å². The van der Waals surface area contributed by atoms with Gasteiger partial charge in [0.2, 0.25) is 5.43 Å². The highest BCUT2D eigenvalue weighted by molar-refractivity contribution is 7.12. The van der Waals surface area contributed by atoms with E-state index in [9.17, 15) is 27.9 Å². The Hall–Kier alpha value is -2.70. The number of anilines is 1. The SMILES string of the molecule is Cl.NC1CCN(c2cc(C(F)(F)F)c3c(=O)c(C(=O)O)cn(-c4nccs4)c3n2)C1. The van der Waals surface area contributed by atoms with Gasteiger partial charge in [-0.2, -0.15) is 13.2 Å². The first-order valence-electron chi connectivity index (χ1n) is 8.48. The van der Waals surface area contributed by atoms with Gasteiger partial charge in [-0.3, -0.25) is 9.36 Å². The first-order chi connectivity index (χ1) is 13.7. The fourth-order valence-electron chi connectivity index (χ4n) is 3.31. The van der Waals surface area contributed by atoms with Crippen LogP contribution in [0.5, 0.6) is 0 Å². The van der Waals surface area contributed by atoms with Crippen LogP contribution in [-0.4, -0.2) is 44.7 Å². The Balaban J connectivity index is 0.00000256. The Bertz CT molecular complexity index is 1170. The van der Waals surface area contributed by atoms with Crippen molar-refractivity contribution >= 4 is 46.6 Å². The normalized spacial score (nSPS) is 16.7. The maximum Gasteiger partial charge on any atom is 0.417 e. The number of carboxylic acids is 1. The van der Waals surface area contributed by atoms with Gasteiger partial charge in [-0.05, 0) is 12.5 Å². The summed E-state index contributed by atoms with van der Waals surface area (Å²) in [5.41, 5.74) is 2.28. The molecule has 3 aromatic rings. The largest absolute Gasteiger partial charge is 0.477 e. The summed E-state index contributed by atoms with van der Waals surface area (Å²) < 4.78 is 42.7. The van der Waals surface area contributed by atoms with Crippen LogP contribution in [0.1, 0.15) is 22.3 Å². The van der Waals surface area contributed by atoms with Crippen molar-refractivity contribution in [2.75, 3.05) is 18.0 Å². The second kappa shape index (κ2) is 7.85. The van der Waals surface area contributed by atoms with E-state index in [4.69, 9.17) is 5.73 Å². The van der Waals surface area contributed by atoms with Gasteiger partial charge in [-0.1, -0.05) is 0 Å². The second-order valence-electron chi connectivity index (χ2n) is 6.58. The van der Waals surface area contributed by atoms with Crippen molar-refractivity contribution < 1.29 is 23.1 Å². The summed E-state index contributed by atoms with van der Waals surface area (Å²) in [6.07, 6.45) is -1.93. The van der Waals surface area contributed by atoms with E-state index in [2.05, 4.69) is 9.97 Å². The minimum Gasteiger partial charge on any atom is -0.477 e. The van der Waals surface area contributed by atoms with Crippen molar-refractivity contribution in [3.63, 3.8) is 0 Å². The highest BCUT2D eigenvalue weighted by Gasteiger charge is 2.37. The second-order valence-corrected chi connectivity index (χ2v) is 7.45. The predicted octanol–water partition coefficient (Wildman–Crippen LogP) is 2.52. The maximum absolute atomic E-state index is 13.9. The molecular weight excluding hydrogens is 447 g/mol. The first kappa shape index (κ1) is 22.0. The number of hydrogen-bond acceptors (Lipinski definition) is 7. The predicted molar refractivity (Wildman–Crippen MR) is 107 cm³/mol. The third-order valence-electron chi connectivity index (χ3n) is 4.65. The lowest BCUT2D eigenvalue weighted by Crippen LogP contribution is -2.28. The van der Waals surface area contributed by atoms with Gasteiger partial charge in [0.25, 0.3) is 0 Å². The zero-order chi connectivity index (χ0) is 20.9. The smallest absolute Gasteiger partial charge is 0.417 e. The fourth-order valence-corrected chi connectivity index (χ4v) is 3.93. The third-order valence-corrected chi connectivity index (χ3v) is 5.43. The molecular formula is C17H15ClF3N5O3S. The van der Waals surface area contributed by atoms with E-state index >= 15 is 0 Å². The molecule has 0 aromatic carbocycles. The minimum absolute atomic E-state index is 0. The van der Waals surface area contributed by atoms with Crippen LogP contribution >= 0.6 is 23.7 Å². The summed E-state index contributed by atoms with van der Waals surface area (Å²) in [7, 11) is 0. The molecule has 8 nitrogen and oxygen atoms in total. The van der Waals surface area contributed by atoms with Gasteiger partial charge in [0, 0.05) is 36.9 Å². The van der Waals surface area contributed by atoms with E-state index < -0.39 is 34.1 Å². The molecule has 3 aromatic heterocycles. The number of rotatable bonds is 3. The molecule has 0 radical (unpaired) electrons. The van der Waals surface area contributed by atoms with Crippen LogP contribution in [0.2, 0.25) is 0 Å². The molecule has 0 bridgehead atoms. The number of aromatic nitrogens is 3. The fraction of sp³-hybridized carbons (Fsp3) is 0.294. The van der Waals surface area contributed by atoms with Gasteiger partial charge in [-0.15, -0.1) is 23.7 Å².